The van der Waals surface area contributed by atoms with E-state index < -0.39 is 10.0 Å². The first kappa shape index (κ1) is 15.1. The largest absolute Gasteiger partial charge is 0.336 e. The van der Waals surface area contributed by atoms with E-state index in [-0.39, 0.29) is 10.4 Å². The fraction of sp³-hybridized carbons (Fsp3) is 0.727. The molecule has 0 aromatic carbocycles. The Hall–Kier alpha value is -0.920. The molecule has 0 fully saturated rings. The van der Waals surface area contributed by atoms with Gasteiger partial charge in [0.15, 0.2) is 5.03 Å². The van der Waals surface area contributed by atoms with Crippen molar-refractivity contribution in [1.82, 2.24) is 14.3 Å². The standard InChI is InChI=1S/C11H22N4O2S/c1-4-15-7-10(13-9-15)18(16,17)14-8-11(2,3)5-6-12/h7,9,14H,4-6,8,12H2,1-3H3. The predicted molar refractivity (Wildman–Crippen MR) is 70.5 cm³/mol. The Bertz CT molecular complexity index is 479. The highest BCUT2D eigenvalue weighted by Crippen LogP contribution is 2.18. The topological polar surface area (TPSA) is 90.0 Å². The van der Waals surface area contributed by atoms with Crippen molar-refractivity contribution in [2.45, 2.75) is 38.8 Å². The zero-order valence-corrected chi connectivity index (χ0v) is 12.0. The second-order valence-electron chi connectivity index (χ2n) is 5.07. The third kappa shape index (κ3) is 4.08. The average Bonchev–Trinajstić information content (AvgIpc) is 2.76. The Morgan fingerprint density at radius 2 is 2.17 bits per heavy atom. The van der Waals surface area contributed by atoms with Crippen LogP contribution in [0.3, 0.4) is 0 Å². The molecular formula is C11H22N4O2S. The van der Waals surface area contributed by atoms with E-state index in [4.69, 9.17) is 5.73 Å². The van der Waals surface area contributed by atoms with Crippen LogP contribution < -0.4 is 10.5 Å². The molecular weight excluding hydrogens is 252 g/mol. The first-order valence-electron chi connectivity index (χ1n) is 6.02. The van der Waals surface area contributed by atoms with Crippen molar-refractivity contribution in [3.8, 4) is 0 Å². The summed E-state index contributed by atoms with van der Waals surface area (Å²) in [5.74, 6) is 0. The van der Waals surface area contributed by atoms with Crippen molar-refractivity contribution in [1.29, 1.82) is 0 Å². The highest BCUT2D eigenvalue weighted by molar-refractivity contribution is 7.89. The molecule has 18 heavy (non-hydrogen) atoms. The van der Waals surface area contributed by atoms with Gasteiger partial charge in [-0.3, -0.25) is 0 Å². The second-order valence-corrected chi connectivity index (χ2v) is 6.78. The molecule has 0 spiro atoms. The lowest BCUT2D eigenvalue weighted by atomic mass is 9.90. The van der Waals surface area contributed by atoms with Crippen LogP contribution in [0.4, 0.5) is 0 Å². The van der Waals surface area contributed by atoms with E-state index >= 15 is 0 Å². The van der Waals surface area contributed by atoms with E-state index in [0.717, 1.165) is 6.42 Å². The van der Waals surface area contributed by atoms with Gasteiger partial charge in [0.05, 0.1) is 6.33 Å². The maximum Gasteiger partial charge on any atom is 0.259 e. The average molecular weight is 274 g/mol. The van der Waals surface area contributed by atoms with Crippen LogP contribution in [0, 0.1) is 5.41 Å². The lowest BCUT2D eigenvalue weighted by molar-refractivity contribution is 0.340. The van der Waals surface area contributed by atoms with Gasteiger partial charge >= 0.3 is 0 Å². The summed E-state index contributed by atoms with van der Waals surface area (Å²) in [6.45, 7) is 7.47. The van der Waals surface area contributed by atoms with E-state index in [2.05, 4.69) is 9.71 Å². The molecule has 1 aromatic heterocycles. The zero-order valence-electron chi connectivity index (χ0n) is 11.2. The smallest absolute Gasteiger partial charge is 0.259 e. The minimum Gasteiger partial charge on any atom is -0.336 e. The Labute approximate surface area is 109 Å². The zero-order chi connectivity index (χ0) is 13.8. The normalized spacial score (nSPS) is 12.9. The third-order valence-corrected chi connectivity index (χ3v) is 4.10. The van der Waals surface area contributed by atoms with Crippen molar-refractivity contribution in [3.63, 3.8) is 0 Å². The number of nitrogens with one attached hydrogen (secondary N) is 1. The molecule has 3 N–H and O–H groups in total. The molecule has 1 heterocycles. The van der Waals surface area contributed by atoms with Crippen molar-refractivity contribution < 1.29 is 8.42 Å². The van der Waals surface area contributed by atoms with Gasteiger partial charge in [-0.2, -0.15) is 0 Å². The van der Waals surface area contributed by atoms with E-state index in [1.165, 1.54) is 12.5 Å². The molecule has 0 bridgehead atoms. The summed E-state index contributed by atoms with van der Waals surface area (Å²) in [6, 6.07) is 0. The van der Waals surface area contributed by atoms with E-state index in [0.29, 0.717) is 19.6 Å². The number of hydrogen-bond acceptors (Lipinski definition) is 4. The summed E-state index contributed by atoms with van der Waals surface area (Å²) in [7, 11) is -3.52. The van der Waals surface area contributed by atoms with Crippen LogP contribution in [0.5, 0.6) is 0 Å². The highest BCUT2D eigenvalue weighted by Gasteiger charge is 2.23. The molecule has 1 rings (SSSR count). The fourth-order valence-electron chi connectivity index (χ4n) is 1.49. The van der Waals surface area contributed by atoms with Crippen LogP contribution in [0.15, 0.2) is 17.6 Å². The molecule has 0 unspecified atom stereocenters. The van der Waals surface area contributed by atoms with Gasteiger partial charge in [0.2, 0.25) is 0 Å². The van der Waals surface area contributed by atoms with Gasteiger partial charge in [0, 0.05) is 19.3 Å². The number of aromatic nitrogens is 2. The van der Waals surface area contributed by atoms with Crippen molar-refractivity contribution in [3.05, 3.63) is 12.5 Å². The summed E-state index contributed by atoms with van der Waals surface area (Å²) >= 11 is 0. The highest BCUT2D eigenvalue weighted by atomic mass is 32.2. The van der Waals surface area contributed by atoms with Gasteiger partial charge < -0.3 is 10.3 Å². The Morgan fingerprint density at radius 1 is 1.50 bits per heavy atom. The lowest BCUT2D eigenvalue weighted by Crippen LogP contribution is -2.35. The number of aryl methyl sites for hydroxylation is 1. The second kappa shape index (κ2) is 5.81. The Morgan fingerprint density at radius 3 is 2.67 bits per heavy atom. The van der Waals surface area contributed by atoms with E-state index in [9.17, 15) is 8.42 Å². The number of imidazole rings is 1. The van der Waals surface area contributed by atoms with Crippen LogP contribution in [0.2, 0.25) is 0 Å². The molecule has 1 aromatic rings. The molecule has 0 radical (unpaired) electrons. The summed E-state index contributed by atoms with van der Waals surface area (Å²) in [4.78, 5) is 3.89. The molecule has 0 aliphatic carbocycles. The molecule has 0 amide bonds. The van der Waals surface area contributed by atoms with Gasteiger partial charge in [-0.1, -0.05) is 13.8 Å². The molecule has 6 nitrogen and oxygen atoms in total. The van der Waals surface area contributed by atoms with Crippen molar-refractivity contribution in [2.75, 3.05) is 13.1 Å². The van der Waals surface area contributed by atoms with E-state index in [1.54, 1.807) is 4.57 Å². The number of sulfonamides is 1. The third-order valence-electron chi connectivity index (χ3n) is 2.81. The minimum absolute atomic E-state index is 0.0629. The van der Waals surface area contributed by atoms with Gasteiger partial charge in [-0.15, -0.1) is 0 Å². The van der Waals surface area contributed by atoms with Crippen LogP contribution in [-0.2, 0) is 16.6 Å². The van der Waals surface area contributed by atoms with Gasteiger partial charge in [-0.05, 0) is 25.3 Å². The van der Waals surface area contributed by atoms with Crippen LogP contribution >= 0.6 is 0 Å². The Balaban J connectivity index is 2.71. The number of nitrogens with two attached hydrogens (primary N) is 1. The number of rotatable bonds is 7. The molecule has 0 saturated heterocycles. The molecule has 7 heteroatoms. The SMILES string of the molecule is CCn1cnc(S(=O)(=O)NCC(C)(C)CCN)c1. The minimum atomic E-state index is -3.52. The first-order chi connectivity index (χ1) is 8.30. The molecule has 0 atom stereocenters. The van der Waals surface area contributed by atoms with Gasteiger partial charge in [0.1, 0.15) is 0 Å². The first-order valence-corrected chi connectivity index (χ1v) is 7.50. The Kier molecular flexibility index (Phi) is 4.89. The van der Waals surface area contributed by atoms with Crippen LogP contribution in [0.25, 0.3) is 0 Å². The maximum atomic E-state index is 12.0. The van der Waals surface area contributed by atoms with E-state index in [1.807, 2.05) is 20.8 Å². The fourth-order valence-corrected chi connectivity index (χ4v) is 2.68. The van der Waals surface area contributed by atoms with Crippen LogP contribution in [0.1, 0.15) is 27.2 Å². The van der Waals surface area contributed by atoms with Crippen molar-refractivity contribution >= 4 is 10.0 Å². The number of nitrogens with zero attached hydrogens (tertiary/aromatic N) is 2. The maximum absolute atomic E-state index is 12.0. The molecule has 0 aliphatic rings. The summed E-state index contributed by atoms with van der Waals surface area (Å²) in [5, 5.41) is 0.0629. The van der Waals surface area contributed by atoms with Gasteiger partial charge in [0.25, 0.3) is 10.0 Å². The summed E-state index contributed by atoms with van der Waals surface area (Å²) < 4.78 is 28.3. The van der Waals surface area contributed by atoms with Crippen molar-refractivity contribution in [2.24, 2.45) is 11.1 Å². The lowest BCUT2D eigenvalue weighted by Gasteiger charge is -2.23. The van der Waals surface area contributed by atoms with Gasteiger partial charge in [-0.25, -0.2) is 18.1 Å². The monoisotopic (exact) mass is 274 g/mol. The predicted octanol–water partition coefficient (Wildman–Crippen LogP) is 0.556. The van der Waals surface area contributed by atoms with Crippen LogP contribution in [-0.4, -0.2) is 31.1 Å². The summed E-state index contributed by atoms with van der Waals surface area (Å²) in [6.07, 6.45) is 3.80. The quantitative estimate of drug-likeness (QED) is 0.760. The molecule has 0 aliphatic heterocycles. The molecule has 104 valence electrons. The molecule has 0 saturated carbocycles. The summed E-state index contributed by atoms with van der Waals surface area (Å²) in [5.41, 5.74) is 5.34. The number of hydrogen-bond donors (Lipinski definition) is 2.